The van der Waals surface area contributed by atoms with Crippen LogP contribution in [-0.4, -0.2) is 30.0 Å². The second-order valence-electron chi connectivity index (χ2n) is 4.54. The highest BCUT2D eigenvalue weighted by atomic mass is 16.5. The van der Waals surface area contributed by atoms with Crippen molar-refractivity contribution in [3.63, 3.8) is 0 Å². The first-order valence-electron chi connectivity index (χ1n) is 5.94. The minimum absolute atomic E-state index is 0.0171. The predicted molar refractivity (Wildman–Crippen MR) is 64.8 cm³/mol. The first-order valence-corrected chi connectivity index (χ1v) is 5.94. The number of aromatic nitrogens is 1. The van der Waals surface area contributed by atoms with Crippen LogP contribution in [0.5, 0.6) is 0 Å². The maximum atomic E-state index is 11.5. The predicted octanol–water partition coefficient (Wildman–Crippen LogP) is 0.792. The van der Waals surface area contributed by atoms with Gasteiger partial charge in [0.25, 0.3) is 0 Å². The molecule has 1 amide bonds. The molecular weight excluding hydrogens is 232 g/mol. The Bertz CT molecular complexity index is 447. The lowest BCUT2D eigenvalue weighted by Crippen LogP contribution is -2.31. The van der Waals surface area contributed by atoms with Gasteiger partial charge in [0.1, 0.15) is 0 Å². The lowest BCUT2D eigenvalue weighted by Gasteiger charge is -2.26. The van der Waals surface area contributed by atoms with Gasteiger partial charge in [-0.2, -0.15) is 0 Å². The smallest absolute Gasteiger partial charge is 0.302 e. The van der Waals surface area contributed by atoms with Crippen LogP contribution in [0, 0.1) is 0 Å². The average molecular weight is 248 g/mol. The third-order valence-corrected chi connectivity index (χ3v) is 3.22. The molecule has 1 aromatic heterocycles. The molecule has 1 N–H and O–H groups in total. The molecule has 0 aromatic carbocycles. The van der Waals surface area contributed by atoms with Crippen LogP contribution in [0.1, 0.15) is 25.5 Å². The van der Waals surface area contributed by atoms with E-state index < -0.39 is 0 Å². The molecule has 1 atom stereocenters. The van der Waals surface area contributed by atoms with E-state index in [1.54, 1.807) is 6.20 Å². The average Bonchev–Trinajstić information content (AvgIpc) is 2.73. The van der Waals surface area contributed by atoms with Crippen LogP contribution in [0.2, 0.25) is 0 Å². The van der Waals surface area contributed by atoms with Gasteiger partial charge in [-0.05, 0) is 18.6 Å². The van der Waals surface area contributed by atoms with E-state index in [-0.39, 0.29) is 17.3 Å². The fraction of sp³-hybridized carbons (Fsp3) is 0.462. The number of nitrogens with zero attached hydrogens (tertiary/aromatic N) is 1. The van der Waals surface area contributed by atoms with E-state index in [1.807, 2.05) is 18.2 Å². The molecule has 0 aliphatic carbocycles. The molecule has 18 heavy (non-hydrogen) atoms. The fourth-order valence-electron chi connectivity index (χ4n) is 2.25. The molecule has 0 spiro atoms. The molecule has 1 fully saturated rings. The molecule has 2 heterocycles. The Balaban J connectivity index is 2.14. The third kappa shape index (κ3) is 2.67. The molecule has 5 nitrogen and oxygen atoms in total. The zero-order valence-corrected chi connectivity index (χ0v) is 10.3. The van der Waals surface area contributed by atoms with E-state index in [9.17, 15) is 9.59 Å². The van der Waals surface area contributed by atoms with Crippen LogP contribution < -0.4 is 5.32 Å². The largest absolute Gasteiger partial charge is 0.466 e. The highest BCUT2D eigenvalue weighted by Gasteiger charge is 2.41. The SMILES string of the molecule is CC(=O)OCCC1(c2ccccn2)CNC(=O)C1. The molecule has 1 unspecified atom stereocenters. The standard InChI is InChI=1S/C13H16N2O3/c1-10(16)18-7-5-13(8-12(17)15-9-13)11-4-2-3-6-14-11/h2-4,6H,5,7-9H2,1H3,(H,15,17). The van der Waals surface area contributed by atoms with E-state index in [1.165, 1.54) is 6.92 Å². The second kappa shape index (κ2) is 5.16. The van der Waals surface area contributed by atoms with Gasteiger partial charge in [-0.3, -0.25) is 14.6 Å². The van der Waals surface area contributed by atoms with E-state index in [2.05, 4.69) is 10.3 Å². The van der Waals surface area contributed by atoms with Gasteiger partial charge >= 0.3 is 5.97 Å². The van der Waals surface area contributed by atoms with Crippen molar-refractivity contribution in [1.29, 1.82) is 0 Å². The topological polar surface area (TPSA) is 68.3 Å². The maximum absolute atomic E-state index is 11.5. The summed E-state index contributed by atoms with van der Waals surface area (Å²) in [6, 6.07) is 5.65. The van der Waals surface area contributed by atoms with Crippen molar-refractivity contribution in [2.45, 2.75) is 25.2 Å². The summed E-state index contributed by atoms with van der Waals surface area (Å²) in [4.78, 5) is 26.6. The number of hydrogen-bond acceptors (Lipinski definition) is 4. The van der Waals surface area contributed by atoms with E-state index >= 15 is 0 Å². The van der Waals surface area contributed by atoms with Crippen molar-refractivity contribution >= 4 is 11.9 Å². The van der Waals surface area contributed by atoms with Crippen molar-refractivity contribution in [3.8, 4) is 0 Å². The van der Waals surface area contributed by atoms with Gasteiger partial charge < -0.3 is 10.1 Å². The van der Waals surface area contributed by atoms with Gasteiger partial charge in [0.15, 0.2) is 0 Å². The number of esters is 1. The molecule has 5 heteroatoms. The highest BCUT2D eigenvalue weighted by Crippen LogP contribution is 2.33. The Hall–Kier alpha value is -1.91. The van der Waals surface area contributed by atoms with Gasteiger partial charge in [-0.15, -0.1) is 0 Å². The first kappa shape index (κ1) is 12.5. The van der Waals surface area contributed by atoms with Crippen molar-refractivity contribution < 1.29 is 14.3 Å². The van der Waals surface area contributed by atoms with Crippen molar-refractivity contribution in [2.75, 3.05) is 13.2 Å². The van der Waals surface area contributed by atoms with Crippen molar-refractivity contribution in [3.05, 3.63) is 30.1 Å². The minimum Gasteiger partial charge on any atom is -0.466 e. The number of carbonyl (C=O) groups excluding carboxylic acids is 2. The summed E-state index contributed by atoms with van der Waals surface area (Å²) < 4.78 is 4.98. The molecule has 1 aliphatic heterocycles. The molecule has 0 bridgehead atoms. The molecule has 0 saturated carbocycles. The number of ether oxygens (including phenoxy) is 1. The number of amides is 1. The fourth-order valence-corrected chi connectivity index (χ4v) is 2.25. The van der Waals surface area contributed by atoms with E-state index in [4.69, 9.17) is 4.74 Å². The number of nitrogens with one attached hydrogen (secondary N) is 1. The second-order valence-corrected chi connectivity index (χ2v) is 4.54. The zero-order chi connectivity index (χ0) is 13.0. The third-order valence-electron chi connectivity index (χ3n) is 3.22. The quantitative estimate of drug-likeness (QED) is 0.800. The summed E-state index contributed by atoms with van der Waals surface area (Å²) in [7, 11) is 0. The van der Waals surface area contributed by atoms with Gasteiger partial charge in [0.2, 0.25) is 5.91 Å². The molecule has 96 valence electrons. The van der Waals surface area contributed by atoms with E-state index in [0.29, 0.717) is 26.0 Å². The Labute approximate surface area is 106 Å². The summed E-state index contributed by atoms with van der Waals surface area (Å²) in [6.07, 6.45) is 2.71. The highest BCUT2D eigenvalue weighted by molar-refractivity contribution is 5.80. The summed E-state index contributed by atoms with van der Waals surface area (Å²) in [5.74, 6) is -0.285. The minimum atomic E-state index is -0.353. The zero-order valence-electron chi connectivity index (χ0n) is 10.3. The van der Waals surface area contributed by atoms with Crippen molar-refractivity contribution in [1.82, 2.24) is 10.3 Å². The van der Waals surface area contributed by atoms with Gasteiger partial charge in [-0.1, -0.05) is 6.07 Å². The van der Waals surface area contributed by atoms with Gasteiger partial charge in [-0.25, -0.2) is 0 Å². The number of carbonyl (C=O) groups is 2. The van der Waals surface area contributed by atoms with Crippen LogP contribution in [0.25, 0.3) is 0 Å². The van der Waals surface area contributed by atoms with Crippen LogP contribution in [0.4, 0.5) is 0 Å². The summed E-state index contributed by atoms with van der Waals surface area (Å²) >= 11 is 0. The summed E-state index contributed by atoms with van der Waals surface area (Å²) in [5, 5.41) is 2.83. The first-order chi connectivity index (χ1) is 8.62. The monoisotopic (exact) mass is 248 g/mol. The number of hydrogen-bond donors (Lipinski definition) is 1. The molecule has 1 saturated heterocycles. The molecule has 2 rings (SSSR count). The summed E-state index contributed by atoms with van der Waals surface area (Å²) in [6.45, 7) is 2.23. The Kier molecular flexibility index (Phi) is 3.60. The van der Waals surface area contributed by atoms with Crippen LogP contribution in [0.15, 0.2) is 24.4 Å². The molecule has 1 aromatic rings. The van der Waals surface area contributed by atoms with Crippen LogP contribution in [0.3, 0.4) is 0 Å². The number of pyridine rings is 1. The lowest BCUT2D eigenvalue weighted by atomic mass is 9.80. The molecule has 0 radical (unpaired) electrons. The summed E-state index contributed by atoms with van der Waals surface area (Å²) in [5.41, 5.74) is 0.517. The Morgan fingerprint density at radius 3 is 2.94 bits per heavy atom. The van der Waals surface area contributed by atoms with Crippen molar-refractivity contribution in [2.24, 2.45) is 0 Å². The Morgan fingerprint density at radius 1 is 1.56 bits per heavy atom. The maximum Gasteiger partial charge on any atom is 0.302 e. The Morgan fingerprint density at radius 2 is 2.39 bits per heavy atom. The van der Waals surface area contributed by atoms with Gasteiger partial charge in [0, 0.05) is 37.2 Å². The number of rotatable bonds is 4. The normalized spacial score (nSPS) is 22.6. The van der Waals surface area contributed by atoms with Crippen LogP contribution in [-0.2, 0) is 19.7 Å². The molecule has 1 aliphatic rings. The molecular formula is C13H16N2O3. The van der Waals surface area contributed by atoms with E-state index in [0.717, 1.165) is 5.69 Å². The van der Waals surface area contributed by atoms with Crippen LogP contribution >= 0.6 is 0 Å². The van der Waals surface area contributed by atoms with Gasteiger partial charge in [0.05, 0.1) is 6.61 Å². The lowest BCUT2D eigenvalue weighted by molar-refractivity contribution is -0.141.